The smallest absolute Gasteiger partial charge is 0.268 e. The Morgan fingerprint density at radius 1 is 1.04 bits per heavy atom. The van der Waals surface area contributed by atoms with E-state index in [1.807, 2.05) is 30.3 Å². The molecule has 0 radical (unpaired) electrons. The van der Waals surface area contributed by atoms with Crippen LogP contribution in [-0.4, -0.2) is 21.6 Å². The van der Waals surface area contributed by atoms with Gasteiger partial charge in [-0.05, 0) is 36.4 Å². The number of rotatable bonds is 4. The summed E-state index contributed by atoms with van der Waals surface area (Å²) in [5.74, 6) is -0.918. The first-order valence-electron chi connectivity index (χ1n) is 7.76. The van der Waals surface area contributed by atoms with Gasteiger partial charge in [0.15, 0.2) is 0 Å². The third-order valence-corrected chi connectivity index (χ3v) is 3.67. The van der Waals surface area contributed by atoms with Gasteiger partial charge in [0.1, 0.15) is 0 Å². The van der Waals surface area contributed by atoms with E-state index in [4.69, 9.17) is 11.6 Å². The number of para-hydroxylation sites is 1. The summed E-state index contributed by atoms with van der Waals surface area (Å²) >= 11 is 5.83. The zero-order valence-corrected chi connectivity index (χ0v) is 14.4. The van der Waals surface area contributed by atoms with Crippen molar-refractivity contribution in [2.45, 2.75) is 0 Å². The molecule has 0 aliphatic heterocycles. The molecule has 0 bridgehead atoms. The van der Waals surface area contributed by atoms with Crippen LogP contribution in [0.2, 0.25) is 5.02 Å². The van der Waals surface area contributed by atoms with Gasteiger partial charge in [0.2, 0.25) is 0 Å². The quantitative estimate of drug-likeness (QED) is 0.550. The number of carbonyl (C=O) groups excluding carboxylic acids is 2. The van der Waals surface area contributed by atoms with Crippen molar-refractivity contribution in [3.8, 4) is 5.69 Å². The van der Waals surface area contributed by atoms with Gasteiger partial charge in [0, 0.05) is 28.4 Å². The number of hydrogen-bond donors (Lipinski definition) is 2. The van der Waals surface area contributed by atoms with Gasteiger partial charge in [0.05, 0.1) is 11.9 Å². The molecule has 0 spiro atoms. The molecule has 0 saturated carbocycles. The molecule has 130 valence electrons. The zero-order valence-electron chi connectivity index (χ0n) is 13.6. The maximum atomic E-state index is 11.9. The van der Waals surface area contributed by atoms with Crippen LogP contribution in [0, 0.1) is 0 Å². The fraction of sp³-hybridized carbons (Fsp3) is 0. The van der Waals surface area contributed by atoms with E-state index in [0.717, 1.165) is 11.3 Å². The third kappa shape index (κ3) is 4.58. The molecule has 0 unspecified atom stereocenters. The maximum absolute atomic E-state index is 11.9. The molecule has 1 aromatic heterocycles. The molecule has 2 N–H and O–H groups in total. The molecule has 1 heterocycles. The number of carbonyl (C=O) groups is 2. The second-order valence-electron chi connectivity index (χ2n) is 5.34. The number of hydrogen-bond acceptors (Lipinski definition) is 3. The van der Waals surface area contributed by atoms with Gasteiger partial charge in [-0.3, -0.25) is 20.4 Å². The summed E-state index contributed by atoms with van der Waals surface area (Å²) in [4.78, 5) is 23.7. The van der Waals surface area contributed by atoms with Crippen molar-refractivity contribution < 1.29 is 9.59 Å². The van der Waals surface area contributed by atoms with Crippen molar-refractivity contribution in [3.63, 3.8) is 0 Å². The van der Waals surface area contributed by atoms with Crippen LogP contribution in [0.5, 0.6) is 0 Å². The van der Waals surface area contributed by atoms with Gasteiger partial charge < -0.3 is 0 Å². The largest absolute Gasteiger partial charge is 0.269 e. The summed E-state index contributed by atoms with van der Waals surface area (Å²) in [6, 6.07) is 16.1. The molecule has 0 atom stereocenters. The van der Waals surface area contributed by atoms with E-state index in [-0.39, 0.29) is 0 Å². The van der Waals surface area contributed by atoms with Crippen LogP contribution in [0.1, 0.15) is 15.9 Å². The van der Waals surface area contributed by atoms with E-state index < -0.39 is 11.8 Å². The molecule has 7 heteroatoms. The van der Waals surface area contributed by atoms with Crippen molar-refractivity contribution in [1.29, 1.82) is 0 Å². The lowest BCUT2D eigenvalue weighted by Gasteiger charge is -2.05. The first kappa shape index (κ1) is 17.4. The molecule has 0 saturated heterocycles. The molecule has 3 aromatic rings. The second-order valence-corrected chi connectivity index (χ2v) is 5.78. The molecule has 26 heavy (non-hydrogen) atoms. The SMILES string of the molecule is O=C(/C=C/c1cnn(-c2ccccc2)c1)NNC(=O)c1cccc(Cl)c1. The highest BCUT2D eigenvalue weighted by Crippen LogP contribution is 2.10. The minimum absolute atomic E-state index is 0.353. The van der Waals surface area contributed by atoms with Crippen molar-refractivity contribution in [3.05, 3.63) is 89.2 Å². The van der Waals surface area contributed by atoms with Crippen LogP contribution in [0.25, 0.3) is 11.8 Å². The summed E-state index contributed by atoms with van der Waals surface area (Å²) < 4.78 is 1.71. The highest BCUT2D eigenvalue weighted by molar-refractivity contribution is 6.30. The molecule has 2 amide bonds. The topological polar surface area (TPSA) is 76.0 Å². The number of hydrazine groups is 1. The predicted octanol–water partition coefficient (Wildman–Crippen LogP) is 3.00. The fourth-order valence-electron chi connectivity index (χ4n) is 2.18. The number of halogens is 1. The summed E-state index contributed by atoms with van der Waals surface area (Å²) in [7, 11) is 0. The summed E-state index contributed by atoms with van der Waals surface area (Å²) in [6.45, 7) is 0. The van der Waals surface area contributed by atoms with E-state index >= 15 is 0 Å². The molecule has 0 fully saturated rings. The molecular weight excluding hydrogens is 352 g/mol. The van der Waals surface area contributed by atoms with E-state index in [1.165, 1.54) is 12.1 Å². The Bertz CT molecular complexity index is 951. The highest BCUT2D eigenvalue weighted by atomic mass is 35.5. The van der Waals surface area contributed by atoms with Crippen molar-refractivity contribution in [1.82, 2.24) is 20.6 Å². The lowest BCUT2D eigenvalue weighted by atomic mass is 10.2. The van der Waals surface area contributed by atoms with Gasteiger partial charge in [-0.2, -0.15) is 5.10 Å². The summed E-state index contributed by atoms with van der Waals surface area (Å²) in [5, 5.41) is 4.68. The van der Waals surface area contributed by atoms with E-state index in [2.05, 4.69) is 16.0 Å². The van der Waals surface area contributed by atoms with Gasteiger partial charge in [-0.15, -0.1) is 0 Å². The Labute approximate surface area is 155 Å². The van der Waals surface area contributed by atoms with Gasteiger partial charge >= 0.3 is 0 Å². The lowest BCUT2D eigenvalue weighted by molar-refractivity contribution is -0.117. The Morgan fingerprint density at radius 2 is 1.85 bits per heavy atom. The van der Waals surface area contributed by atoms with Crippen molar-refractivity contribution in [2.75, 3.05) is 0 Å². The number of nitrogens with one attached hydrogen (secondary N) is 2. The van der Waals surface area contributed by atoms with E-state index in [1.54, 1.807) is 41.4 Å². The second kappa shape index (κ2) is 8.13. The van der Waals surface area contributed by atoms with Crippen LogP contribution >= 0.6 is 11.6 Å². The summed E-state index contributed by atoms with van der Waals surface area (Å²) in [6.07, 6.45) is 6.35. The van der Waals surface area contributed by atoms with Gasteiger partial charge in [0.25, 0.3) is 11.8 Å². The van der Waals surface area contributed by atoms with Crippen LogP contribution in [0.4, 0.5) is 0 Å². The minimum Gasteiger partial charge on any atom is -0.268 e. The Kier molecular flexibility index (Phi) is 5.46. The monoisotopic (exact) mass is 366 g/mol. The Morgan fingerprint density at radius 3 is 2.62 bits per heavy atom. The van der Waals surface area contributed by atoms with Crippen LogP contribution < -0.4 is 10.9 Å². The van der Waals surface area contributed by atoms with Crippen LogP contribution in [0.15, 0.2) is 73.1 Å². The van der Waals surface area contributed by atoms with Gasteiger partial charge in [-0.1, -0.05) is 35.9 Å². The minimum atomic E-state index is -0.465. The highest BCUT2D eigenvalue weighted by Gasteiger charge is 2.06. The zero-order chi connectivity index (χ0) is 18.4. The molecule has 0 aliphatic rings. The molecule has 6 nitrogen and oxygen atoms in total. The van der Waals surface area contributed by atoms with E-state index in [9.17, 15) is 9.59 Å². The average Bonchev–Trinajstić information content (AvgIpc) is 3.14. The third-order valence-electron chi connectivity index (χ3n) is 3.44. The molecular formula is C19H15ClN4O2. The standard InChI is InChI=1S/C19H15ClN4O2/c20-16-6-4-5-15(11-16)19(26)23-22-18(25)10-9-14-12-21-24(13-14)17-7-2-1-3-8-17/h1-13H,(H,22,25)(H,23,26)/b10-9+. The number of nitrogens with zero attached hydrogens (tertiary/aromatic N) is 2. The first-order chi connectivity index (χ1) is 12.6. The Hall–Kier alpha value is -3.38. The van der Waals surface area contributed by atoms with Gasteiger partial charge in [-0.25, -0.2) is 4.68 Å². The maximum Gasteiger partial charge on any atom is 0.269 e. The molecule has 3 rings (SSSR count). The van der Waals surface area contributed by atoms with E-state index in [0.29, 0.717) is 10.6 Å². The van der Waals surface area contributed by atoms with Crippen LogP contribution in [-0.2, 0) is 4.79 Å². The number of aromatic nitrogens is 2. The predicted molar refractivity (Wildman–Crippen MR) is 99.7 cm³/mol. The molecule has 2 aromatic carbocycles. The summed E-state index contributed by atoms with van der Waals surface area (Å²) in [5.41, 5.74) is 6.67. The normalized spacial score (nSPS) is 10.7. The van der Waals surface area contributed by atoms with Crippen LogP contribution in [0.3, 0.4) is 0 Å². The molecule has 0 aliphatic carbocycles. The Balaban J connectivity index is 1.55. The first-order valence-corrected chi connectivity index (χ1v) is 8.14. The number of benzene rings is 2. The van der Waals surface area contributed by atoms with Crippen molar-refractivity contribution >= 4 is 29.5 Å². The fourth-order valence-corrected chi connectivity index (χ4v) is 2.37. The van der Waals surface area contributed by atoms with Crippen molar-refractivity contribution in [2.24, 2.45) is 0 Å². The lowest BCUT2D eigenvalue weighted by Crippen LogP contribution is -2.40. The number of amides is 2. The average molecular weight is 367 g/mol.